The smallest absolute Gasteiger partial charge is 0.187 e. The molecule has 0 atom stereocenters. The van der Waals surface area contributed by atoms with Crippen molar-refractivity contribution in [1.82, 2.24) is 4.98 Å². The lowest BCUT2D eigenvalue weighted by molar-refractivity contribution is 0.573. The first-order valence-corrected chi connectivity index (χ1v) is 8.18. The molecule has 3 N–H and O–H groups in total. The summed E-state index contributed by atoms with van der Waals surface area (Å²) in [4.78, 5) is 4.97. The molecular formula is C14H16BrN3S2. The van der Waals surface area contributed by atoms with Crippen molar-refractivity contribution in [2.45, 2.75) is 26.2 Å². The first kappa shape index (κ1) is 15.4. The number of aromatic nitrogens is 1. The average molecular weight is 370 g/mol. The zero-order chi connectivity index (χ0) is 14.9. The molecule has 0 spiro atoms. The molecule has 1 aromatic heterocycles. The summed E-state index contributed by atoms with van der Waals surface area (Å²) in [5.74, 6) is 0. The molecule has 1 heterocycles. The first-order valence-electron chi connectivity index (χ1n) is 6.10. The summed E-state index contributed by atoms with van der Waals surface area (Å²) < 4.78 is 0.945. The van der Waals surface area contributed by atoms with Crippen molar-refractivity contribution >= 4 is 55.3 Å². The van der Waals surface area contributed by atoms with Crippen LogP contribution in [-0.4, -0.2) is 9.97 Å². The van der Waals surface area contributed by atoms with Gasteiger partial charge in [-0.1, -0.05) is 48.9 Å². The van der Waals surface area contributed by atoms with Crippen LogP contribution < -0.4 is 11.1 Å². The maximum absolute atomic E-state index is 5.77. The fourth-order valence-corrected chi connectivity index (χ4v) is 3.10. The van der Waals surface area contributed by atoms with Gasteiger partial charge in [0.2, 0.25) is 0 Å². The molecule has 0 amide bonds. The standard InChI is InChI=1S/C14H16BrN3S2/c1-14(2,3)11-7-20-13(18-11)17-10-5-4-8(15)6-9(10)12(16)19/h4-7H,1-3H3,(H2,16,19)(H,17,18). The quantitative estimate of drug-likeness (QED) is 0.777. The third-order valence-corrected chi connectivity index (χ3v) is 4.23. The van der Waals surface area contributed by atoms with Gasteiger partial charge in [0.05, 0.1) is 11.4 Å². The molecule has 0 aliphatic carbocycles. The van der Waals surface area contributed by atoms with Crippen LogP contribution in [0.25, 0.3) is 0 Å². The van der Waals surface area contributed by atoms with Crippen LogP contribution in [0.4, 0.5) is 10.8 Å². The highest BCUT2D eigenvalue weighted by Crippen LogP contribution is 2.30. The van der Waals surface area contributed by atoms with Crippen LogP contribution in [0.2, 0.25) is 0 Å². The predicted molar refractivity (Wildman–Crippen MR) is 94.1 cm³/mol. The van der Waals surface area contributed by atoms with Crippen molar-refractivity contribution in [3.63, 3.8) is 0 Å². The molecule has 0 fully saturated rings. The van der Waals surface area contributed by atoms with Crippen molar-refractivity contribution in [1.29, 1.82) is 0 Å². The van der Waals surface area contributed by atoms with E-state index in [4.69, 9.17) is 18.0 Å². The molecule has 106 valence electrons. The van der Waals surface area contributed by atoms with E-state index in [0.29, 0.717) is 4.99 Å². The lowest BCUT2D eigenvalue weighted by Gasteiger charge is -2.14. The number of thiocarbonyl (C=S) groups is 1. The van der Waals surface area contributed by atoms with Crippen LogP contribution in [0.1, 0.15) is 32.0 Å². The van der Waals surface area contributed by atoms with Crippen molar-refractivity contribution in [2.24, 2.45) is 5.73 Å². The topological polar surface area (TPSA) is 50.9 Å². The Morgan fingerprint density at radius 3 is 2.65 bits per heavy atom. The second kappa shape index (κ2) is 5.79. The van der Waals surface area contributed by atoms with Crippen molar-refractivity contribution in [2.75, 3.05) is 5.32 Å². The number of benzene rings is 1. The first-order chi connectivity index (χ1) is 9.27. The Hall–Kier alpha value is -0.980. The number of rotatable bonds is 3. The number of halogens is 1. The third-order valence-electron chi connectivity index (χ3n) is 2.76. The minimum Gasteiger partial charge on any atom is -0.389 e. The second-order valence-corrected chi connectivity index (χ2v) is 7.68. The Balaban J connectivity index is 2.31. The van der Waals surface area contributed by atoms with Crippen LogP contribution in [0.15, 0.2) is 28.1 Å². The molecule has 0 aliphatic rings. The highest BCUT2D eigenvalue weighted by molar-refractivity contribution is 9.10. The largest absolute Gasteiger partial charge is 0.389 e. The van der Waals surface area contributed by atoms with Gasteiger partial charge in [-0.25, -0.2) is 4.98 Å². The summed E-state index contributed by atoms with van der Waals surface area (Å²) in [6.07, 6.45) is 0. The molecule has 3 nitrogen and oxygen atoms in total. The normalized spacial score (nSPS) is 11.4. The summed E-state index contributed by atoms with van der Waals surface area (Å²) in [7, 11) is 0. The zero-order valence-electron chi connectivity index (χ0n) is 11.5. The van der Waals surface area contributed by atoms with Gasteiger partial charge in [0.15, 0.2) is 5.13 Å². The average Bonchev–Trinajstić information content (AvgIpc) is 2.79. The van der Waals surface area contributed by atoms with E-state index in [9.17, 15) is 0 Å². The number of hydrogen-bond donors (Lipinski definition) is 2. The molecule has 2 rings (SSSR count). The molecule has 1 aromatic carbocycles. The lowest BCUT2D eigenvalue weighted by atomic mass is 9.93. The van der Waals surface area contributed by atoms with Gasteiger partial charge in [-0.3, -0.25) is 0 Å². The van der Waals surface area contributed by atoms with Crippen molar-refractivity contribution < 1.29 is 0 Å². The Labute approximate surface area is 136 Å². The molecule has 6 heteroatoms. The fourth-order valence-electron chi connectivity index (χ4n) is 1.62. The fraction of sp³-hybridized carbons (Fsp3) is 0.286. The SMILES string of the molecule is CC(C)(C)c1csc(Nc2ccc(Br)cc2C(N)=S)n1. The maximum atomic E-state index is 5.77. The highest BCUT2D eigenvalue weighted by atomic mass is 79.9. The van der Waals surface area contributed by atoms with Gasteiger partial charge in [-0.2, -0.15) is 0 Å². The zero-order valence-corrected chi connectivity index (χ0v) is 14.7. The minimum absolute atomic E-state index is 0.0438. The summed E-state index contributed by atoms with van der Waals surface area (Å²) in [5, 5.41) is 6.21. The second-order valence-electron chi connectivity index (χ2n) is 5.47. The van der Waals surface area contributed by atoms with Crippen molar-refractivity contribution in [3.8, 4) is 0 Å². The number of nitrogens with zero attached hydrogens (tertiary/aromatic N) is 1. The molecule has 2 aromatic rings. The minimum atomic E-state index is 0.0438. The van der Waals surface area contributed by atoms with E-state index in [1.54, 1.807) is 11.3 Å². The summed E-state index contributed by atoms with van der Waals surface area (Å²) in [6, 6.07) is 5.79. The van der Waals surface area contributed by atoms with Crippen LogP contribution >= 0.6 is 39.5 Å². The van der Waals surface area contributed by atoms with Crippen LogP contribution in [0, 0.1) is 0 Å². The molecule has 0 radical (unpaired) electrons. The number of anilines is 2. The van der Waals surface area contributed by atoms with Crippen LogP contribution in [0.5, 0.6) is 0 Å². The van der Waals surface area contributed by atoms with E-state index in [2.05, 4.69) is 52.4 Å². The van der Waals surface area contributed by atoms with E-state index < -0.39 is 0 Å². The van der Waals surface area contributed by atoms with Gasteiger partial charge >= 0.3 is 0 Å². The van der Waals surface area contributed by atoms with Gasteiger partial charge in [0.1, 0.15) is 4.99 Å². The summed E-state index contributed by atoms with van der Waals surface area (Å²) in [5.41, 5.74) is 8.56. The monoisotopic (exact) mass is 369 g/mol. The Bertz CT molecular complexity index is 644. The lowest BCUT2D eigenvalue weighted by Crippen LogP contribution is -2.13. The van der Waals surface area contributed by atoms with Gasteiger partial charge in [0.25, 0.3) is 0 Å². The molecule has 0 aliphatic heterocycles. The Morgan fingerprint density at radius 1 is 1.40 bits per heavy atom. The number of nitrogens with one attached hydrogen (secondary N) is 1. The number of nitrogens with two attached hydrogens (primary N) is 1. The summed E-state index contributed by atoms with van der Waals surface area (Å²) in [6.45, 7) is 6.43. The van der Waals surface area contributed by atoms with E-state index in [-0.39, 0.29) is 5.41 Å². The van der Waals surface area contributed by atoms with Gasteiger partial charge in [-0.05, 0) is 18.2 Å². The van der Waals surface area contributed by atoms with Crippen LogP contribution in [-0.2, 0) is 5.41 Å². The molecule has 20 heavy (non-hydrogen) atoms. The van der Waals surface area contributed by atoms with Crippen LogP contribution in [0.3, 0.4) is 0 Å². The predicted octanol–water partition coefficient (Wildman–Crippen LogP) is 4.58. The molecule has 0 bridgehead atoms. The Morgan fingerprint density at radius 2 is 2.10 bits per heavy atom. The van der Waals surface area contributed by atoms with E-state index in [1.165, 1.54) is 0 Å². The van der Waals surface area contributed by atoms with E-state index in [1.807, 2.05) is 18.2 Å². The Kier molecular flexibility index (Phi) is 4.46. The molecular weight excluding hydrogens is 354 g/mol. The van der Waals surface area contributed by atoms with E-state index in [0.717, 1.165) is 26.5 Å². The van der Waals surface area contributed by atoms with Crippen molar-refractivity contribution in [3.05, 3.63) is 39.3 Å². The molecule has 0 saturated carbocycles. The summed E-state index contributed by atoms with van der Waals surface area (Å²) >= 11 is 10.1. The maximum Gasteiger partial charge on any atom is 0.187 e. The van der Waals surface area contributed by atoms with E-state index >= 15 is 0 Å². The highest BCUT2D eigenvalue weighted by Gasteiger charge is 2.18. The molecule has 0 saturated heterocycles. The number of hydrogen-bond acceptors (Lipinski definition) is 4. The van der Waals surface area contributed by atoms with Gasteiger partial charge < -0.3 is 11.1 Å². The van der Waals surface area contributed by atoms with Gasteiger partial charge in [-0.15, -0.1) is 11.3 Å². The molecule has 0 unspecified atom stereocenters. The van der Waals surface area contributed by atoms with Gasteiger partial charge in [0, 0.05) is 20.8 Å². The number of thiazole rings is 1. The third kappa shape index (κ3) is 3.56.